The highest BCUT2D eigenvalue weighted by atomic mass is 16.5. The average molecular weight is 245 g/mol. The van der Waals surface area contributed by atoms with Crippen molar-refractivity contribution in [1.82, 2.24) is 5.32 Å². The van der Waals surface area contributed by atoms with E-state index in [0.717, 1.165) is 12.3 Å². The van der Waals surface area contributed by atoms with Crippen LogP contribution in [0.4, 0.5) is 0 Å². The summed E-state index contributed by atoms with van der Waals surface area (Å²) < 4.78 is 5.72. The fraction of sp³-hybridized carbons (Fsp3) is 0.500. The first kappa shape index (κ1) is 14.6. The monoisotopic (exact) mass is 245 g/mol. The Bertz CT molecular complexity index is 424. The topological polar surface area (TPSA) is 21.3 Å². The number of ether oxygens (including phenoxy) is 1. The lowest BCUT2D eigenvalue weighted by molar-refractivity contribution is 0.314. The number of benzene rings is 1. The molecule has 1 aromatic carbocycles. The Kier molecular flexibility index (Phi) is 5.25. The molecule has 1 rings (SSSR count). The number of nitrogens with one attached hydrogen (secondary N) is 1. The van der Waals surface area contributed by atoms with Crippen molar-refractivity contribution >= 4 is 0 Å². The van der Waals surface area contributed by atoms with Crippen molar-refractivity contribution in [1.29, 1.82) is 0 Å². The predicted molar refractivity (Wildman–Crippen MR) is 77.1 cm³/mol. The van der Waals surface area contributed by atoms with E-state index in [1.54, 1.807) is 0 Å². The summed E-state index contributed by atoms with van der Waals surface area (Å²) in [5.41, 5.74) is 2.69. The van der Waals surface area contributed by atoms with Gasteiger partial charge in [-0.1, -0.05) is 38.8 Å². The van der Waals surface area contributed by atoms with Gasteiger partial charge < -0.3 is 10.1 Å². The first-order valence-electron chi connectivity index (χ1n) is 6.33. The number of terminal acetylenes is 1. The van der Waals surface area contributed by atoms with Crippen LogP contribution in [-0.2, 0) is 5.41 Å². The van der Waals surface area contributed by atoms with E-state index in [0.29, 0.717) is 13.2 Å². The van der Waals surface area contributed by atoms with E-state index < -0.39 is 0 Å². The number of aryl methyl sites for hydroxylation is 1. The first-order chi connectivity index (χ1) is 8.45. The SMILES string of the molecule is C#CCNCCOc1ccc(C(C)(C)C)cc1C. The lowest BCUT2D eigenvalue weighted by Crippen LogP contribution is -2.21. The summed E-state index contributed by atoms with van der Waals surface area (Å²) in [5, 5.41) is 3.10. The number of hydrogen-bond acceptors (Lipinski definition) is 2. The molecule has 0 bridgehead atoms. The molecule has 98 valence electrons. The third-order valence-electron chi connectivity index (χ3n) is 2.80. The van der Waals surface area contributed by atoms with E-state index in [2.05, 4.69) is 57.1 Å². The Morgan fingerprint density at radius 1 is 1.33 bits per heavy atom. The molecule has 0 unspecified atom stereocenters. The zero-order valence-electron chi connectivity index (χ0n) is 11.8. The maximum Gasteiger partial charge on any atom is 0.122 e. The summed E-state index contributed by atoms with van der Waals surface area (Å²) in [6.45, 7) is 10.7. The second-order valence-electron chi connectivity index (χ2n) is 5.46. The summed E-state index contributed by atoms with van der Waals surface area (Å²) in [6.07, 6.45) is 5.15. The minimum Gasteiger partial charge on any atom is -0.492 e. The highest BCUT2D eigenvalue weighted by molar-refractivity contribution is 5.38. The predicted octanol–water partition coefficient (Wildman–Crippen LogP) is 2.89. The molecule has 2 nitrogen and oxygen atoms in total. The molecule has 0 heterocycles. The zero-order valence-corrected chi connectivity index (χ0v) is 11.8. The van der Waals surface area contributed by atoms with Crippen LogP contribution in [0.15, 0.2) is 18.2 Å². The second kappa shape index (κ2) is 6.47. The highest BCUT2D eigenvalue weighted by Crippen LogP contribution is 2.27. The minimum atomic E-state index is 0.178. The van der Waals surface area contributed by atoms with Gasteiger partial charge in [-0.15, -0.1) is 6.42 Å². The van der Waals surface area contributed by atoms with Crippen LogP contribution < -0.4 is 10.1 Å². The van der Waals surface area contributed by atoms with Crippen LogP contribution in [0.5, 0.6) is 5.75 Å². The smallest absolute Gasteiger partial charge is 0.122 e. The maximum absolute atomic E-state index is 5.72. The maximum atomic E-state index is 5.72. The van der Waals surface area contributed by atoms with E-state index in [9.17, 15) is 0 Å². The minimum absolute atomic E-state index is 0.178. The van der Waals surface area contributed by atoms with Crippen molar-refractivity contribution in [2.45, 2.75) is 33.1 Å². The fourth-order valence-electron chi connectivity index (χ4n) is 1.67. The summed E-state index contributed by atoms with van der Waals surface area (Å²) >= 11 is 0. The lowest BCUT2D eigenvalue weighted by atomic mass is 9.86. The Hall–Kier alpha value is -1.46. The van der Waals surface area contributed by atoms with E-state index in [1.807, 2.05) is 0 Å². The van der Waals surface area contributed by atoms with E-state index in [-0.39, 0.29) is 5.41 Å². The standard InChI is InChI=1S/C16H23NO/c1-6-9-17-10-11-18-15-8-7-14(12-13(15)2)16(3,4)5/h1,7-8,12,17H,9-11H2,2-5H3. The normalized spacial score (nSPS) is 11.1. The number of hydrogen-bond donors (Lipinski definition) is 1. The highest BCUT2D eigenvalue weighted by Gasteiger charge is 2.14. The molecule has 0 spiro atoms. The van der Waals surface area contributed by atoms with E-state index >= 15 is 0 Å². The van der Waals surface area contributed by atoms with Crippen LogP contribution in [0.3, 0.4) is 0 Å². The summed E-state index contributed by atoms with van der Waals surface area (Å²) in [7, 11) is 0. The van der Waals surface area contributed by atoms with Crippen LogP contribution in [0.2, 0.25) is 0 Å². The van der Waals surface area contributed by atoms with Crippen molar-refractivity contribution in [3.8, 4) is 18.1 Å². The fourth-order valence-corrected chi connectivity index (χ4v) is 1.67. The first-order valence-corrected chi connectivity index (χ1v) is 6.33. The van der Waals surface area contributed by atoms with Gasteiger partial charge in [-0.2, -0.15) is 0 Å². The third-order valence-corrected chi connectivity index (χ3v) is 2.80. The quantitative estimate of drug-likeness (QED) is 0.636. The Morgan fingerprint density at radius 3 is 2.61 bits per heavy atom. The molecule has 0 aliphatic carbocycles. The van der Waals surface area contributed by atoms with Crippen molar-refractivity contribution in [2.24, 2.45) is 0 Å². The van der Waals surface area contributed by atoms with Crippen LogP contribution in [0, 0.1) is 19.3 Å². The molecule has 0 aliphatic rings. The van der Waals surface area contributed by atoms with E-state index in [1.165, 1.54) is 11.1 Å². The van der Waals surface area contributed by atoms with Crippen LogP contribution >= 0.6 is 0 Å². The van der Waals surface area contributed by atoms with Crippen molar-refractivity contribution in [3.63, 3.8) is 0 Å². The Balaban J connectivity index is 2.56. The molecule has 0 saturated heterocycles. The Morgan fingerprint density at radius 2 is 2.06 bits per heavy atom. The molecule has 1 aromatic rings. The molecular weight excluding hydrogens is 222 g/mol. The summed E-state index contributed by atoms with van der Waals surface area (Å²) in [4.78, 5) is 0. The van der Waals surface area contributed by atoms with Crippen LogP contribution in [-0.4, -0.2) is 19.7 Å². The molecule has 2 heteroatoms. The lowest BCUT2D eigenvalue weighted by Gasteiger charge is -2.20. The summed E-state index contributed by atoms with van der Waals surface area (Å²) in [5.74, 6) is 3.48. The third kappa shape index (κ3) is 4.43. The molecule has 1 N–H and O–H groups in total. The molecule has 0 amide bonds. The molecule has 0 radical (unpaired) electrons. The van der Waals surface area contributed by atoms with Crippen molar-refractivity contribution in [2.75, 3.05) is 19.7 Å². The molecule has 18 heavy (non-hydrogen) atoms. The van der Waals surface area contributed by atoms with Gasteiger partial charge in [0.05, 0.1) is 6.54 Å². The average Bonchev–Trinajstić information content (AvgIpc) is 2.29. The van der Waals surface area contributed by atoms with Gasteiger partial charge in [0.2, 0.25) is 0 Å². The van der Waals surface area contributed by atoms with Gasteiger partial charge in [0.25, 0.3) is 0 Å². The molecular formula is C16H23NO. The van der Waals surface area contributed by atoms with Gasteiger partial charge >= 0.3 is 0 Å². The zero-order chi connectivity index (χ0) is 13.6. The molecule has 0 aromatic heterocycles. The summed E-state index contributed by atoms with van der Waals surface area (Å²) in [6, 6.07) is 6.39. The van der Waals surface area contributed by atoms with Gasteiger partial charge in [-0.05, 0) is 29.5 Å². The Labute approximate surface area is 111 Å². The van der Waals surface area contributed by atoms with Crippen molar-refractivity contribution < 1.29 is 4.74 Å². The molecule has 0 saturated carbocycles. The van der Waals surface area contributed by atoms with Gasteiger partial charge in [-0.25, -0.2) is 0 Å². The van der Waals surface area contributed by atoms with Crippen molar-refractivity contribution in [3.05, 3.63) is 29.3 Å². The van der Waals surface area contributed by atoms with Gasteiger partial charge in [0.1, 0.15) is 12.4 Å². The number of rotatable bonds is 5. The van der Waals surface area contributed by atoms with Crippen LogP contribution in [0.1, 0.15) is 31.9 Å². The second-order valence-corrected chi connectivity index (χ2v) is 5.46. The molecule has 0 atom stereocenters. The van der Waals surface area contributed by atoms with Gasteiger partial charge in [-0.3, -0.25) is 0 Å². The van der Waals surface area contributed by atoms with Crippen LogP contribution in [0.25, 0.3) is 0 Å². The largest absolute Gasteiger partial charge is 0.492 e. The van der Waals surface area contributed by atoms with E-state index in [4.69, 9.17) is 11.2 Å². The van der Waals surface area contributed by atoms with Gasteiger partial charge in [0.15, 0.2) is 0 Å². The molecule has 0 aliphatic heterocycles. The van der Waals surface area contributed by atoms with Gasteiger partial charge in [0, 0.05) is 6.54 Å². The molecule has 0 fully saturated rings.